The van der Waals surface area contributed by atoms with Crippen LogP contribution in [0.4, 0.5) is 10.2 Å². The number of fused-ring (bicyclic) bond motifs is 1. The van der Waals surface area contributed by atoms with Gasteiger partial charge in [-0.2, -0.15) is 9.97 Å². The van der Waals surface area contributed by atoms with Crippen LogP contribution in [0.25, 0.3) is 11.2 Å². The molecule has 1 aliphatic rings. The molecule has 0 saturated carbocycles. The van der Waals surface area contributed by atoms with Crippen LogP contribution in [0, 0.1) is 0 Å². The number of nitrogens with zero attached hydrogens (tertiary/aromatic N) is 4. The normalized spacial score (nSPS) is 22.8. The monoisotopic (exact) mass is 495 g/mol. The van der Waals surface area contributed by atoms with Crippen LogP contribution in [-0.2, 0) is 25.5 Å². The minimum atomic E-state index is -2.69. The average Bonchev–Trinajstić information content (AvgIpc) is 3.33. The highest BCUT2D eigenvalue weighted by Gasteiger charge is 2.52. The summed E-state index contributed by atoms with van der Waals surface area (Å²) in [6.07, 6.45) is -5.97. The van der Waals surface area contributed by atoms with Crippen molar-refractivity contribution in [1.82, 2.24) is 19.5 Å². The molecule has 1 aliphatic heterocycles. The molecule has 4 atom stereocenters. The molecule has 0 bridgehead atoms. The molecule has 4 rings (SSSR count). The van der Waals surface area contributed by atoms with Gasteiger partial charge in [0.15, 0.2) is 23.9 Å². The fraction of sp³-hybridized carbons (Fsp3) is 0.350. The van der Waals surface area contributed by atoms with Crippen LogP contribution >= 0.6 is 11.6 Å². The minimum Gasteiger partial charge on any atom is -0.479 e. The van der Waals surface area contributed by atoms with Gasteiger partial charge in [0.25, 0.3) is 5.60 Å². The number of aromatic nitrogens is 4. The molecule has 0 amide bonds. The summed E-state index contributed by atoms with van der Waals surface area (Å²) in [7, 11) is 0. The van der Waals surface area contributed by atoms with Crippen LogP contribution in [-0.4, -0.2) is 77.4 Å². The second kappa shape index (κ2) is 9.10. The zero-order valence-electron chi connectivity index (χ0n) is 17.3. The van der Waals surface area contributed by atoms with Gasteiger partial charge < -0.3 is 30.5 Å². The third-order valence-electron chi connectivity index (χ3n) is 5.47. The van der Waals surface area contributed by atoms with Crippen molar-refractivity contribution in [3.05, 3.63) is 47.5 Å². The highest BCUT2D eigenvalue weighted by Crippen LogP contribution is 2.35. The van der Waals surface area contributed by atoms with Gasteiger partial charge in [-0.15, -0.1) is 0 Å². The van der Waals surface area contributed by atoms with Crippen LogP contribution in [0.15, 0.2) is 36.7 Å². The van der Waals surface area contributed by atoms with Crippen LogP contribution in [0.2, 0.25) is 5.28 Å². The number of carboxylic acids is 2. The molecule has 1 saturated heterocycles. The van der Waals surface area contributed by atoms with E-state index in [1.54, 1.807) is 30.3 Å². The number of halogens is 2. The highest BCUT2D eigenvalue weighted by molar-refractivity contribution is 6.28. The van der Waals surface area contributed by atoms with Gasteiger partial charge in [0.05, 0.1) is 12.9 Å². The summed E-state index contributed by atoms with van der Waals surface area (Å²) in [6.45, 7) is -0.728. The molecule has 5 N–H and O–H groups in total. The Morgan fingerprint density at radius 1 is 1.24 bits per heavy atom. The molecular weight excluding hydrogens is 477 g/mol. The summed E-state index contributed by atoms with van der Waals surface area (Å²) in [5.41, 5.74) is 3.63. The summed E-state index contributed by atoms with van der Waals surface area (Å²) in [5, 5.41) is 29.5. The Balaban J connectivity index is 1.57. The molecule has 3 aromatic rings. The van der Waals surface area contributed by atoms with E-state index in [1.807, 2.05) is 0 Å². The van der Waals surface area contributed by atoms with Crippen LogP contribution in [0.3, 0.4) is 0 Å². The van der Waals surface area contributed by atoms with Gasteiger partial charge in [-0.25, -0.2) is 19.0 Å². The van der Waals surface area contributed by atoms with E-state index in [4.69, 9.17) is 26.8 Å². The third-order valence-corrected chi connectivity index (χ3v) is 5.64. The van der Waals surface area contributed by atoms with E-state index in [1.165, 1.54) is 6.33 Å². The van der Waals surface area contributed by atoms with E-state index in [0.29, 0.717) is 5.56 Å². The number of benzene rings is 1. The molecule has 0 radical (unpaired) electrons. The number of rotatable bonds is 8. The maximum absolute atomic E-state index is 15.0. The first kappa shape index (κ1) is 23.8. The molecule has 14 heteroatoms. The molecule has 2 aromatic heterocycles. The second-order valence-corrected chi connectivity index (χ2v) is 7.95. The zero-order valence-corrected chi connectivity index (χ0v) is 18.0. The molecule has 1 aromatic carbocycles. The van der Waals surface area contributed by atoms with Crippen LogP contribution in [0.5, 0.6) is 0 Å². The lowest BCUT2D eigenvalue weighted by molar-refractivity contribution is -0.190. The molecule has 12 nitrogen and oxygen atoms in total. The van der Waals surface area contributed by atoms with Gasteiger partial charge in [0.1, 0.15) is 17.7 Å². The number of anilines is 1. The number of aliphatic hydroxyl groups excluding tert-OH is 1. The molecule has 3 heterocycles. The van der Waals surface area contributed by atoms with Crippen molar-refractivity contribution in [1.29, 1.82) is 0 Å². The predicted molar refractivity (Wildman–Crippen MR) is 114 cm³/mol. The van der Waals surface area contributed by atoms with Gasteiger partial charge in [0, 0.05) is 6.42 Å². The average molecular weight is 496 g/mol. The number of alkyl halides is 1. The Kier molecular flexibility index (Phi) is 6.36. The van der Waals surface area contributed by atoms with Crippen molar-refractivity contribution in [2.45, 2.75) is 36.6 Å². The fourth-order valence-corrected chi connectivity index (χ4v) is 3.86. The standard InChI is InChI=1S/C20H19ClFN5O7/c21-19-25-14(23)12-15(26-19)27(8-24-12)16-11(22)13(28)10(34-16)7-33-20(17(29)30,18(31)32)6-9-4-2-1-3-5-9/h1-5,8,10-11,13,16,28H,6-7H2,(H,29,30)(H,31,32)(H2,23,25,26)/t10-,11+,13-,16-/m1/s1. The van der Waals surface area contributed by atoms with Crippen molar-refractivity contribution in [2.24, 2.45) is 0 Å². The number of imidazole rings is 1. The number of carbonyl (C=O) groups is 2. The van der Waals surface area contributed by atoms with Crippen molar-refractivity contribution in [2.75, 3.05) is 12.3 Å². The summed E-state index contributed by atoms with van der Waals surface area (Å²) in [4.78, 5) is 35.6. The number of nitrogen functional groups attached to an aromatic ring is 1. The Morgan fingerprint density at radius 2 is 1.91 bits per heavy atom. The van der Waals surface area contributed by atoms with Gasteiger partial charge in [-0.1, -0.05) is 30.3 Å². The highest BCUT2D eigenvalue weighted by atomic mass is 35.5. The predicted octanol–water partition coefficient (Wildman–Crippen LogP) is 0.826. The Hall–Kier alpha value is -3.39. The third kappa shape index (κ3) is 4.14. The minimum absolute atomic E-state index is 0.0452. The second-order valence-electron chi connectivity index (χ2n) is 7.61. The van der Waals surface area contributed by atoms with Crippen molar-refractivity contribution in [3.8, 4) is 0 Å². The van der Waals surface area contributed by atoms with Crippen molar-refractivity contribution in [3.63, 3.8) is 0 Å². The van der Waals surface area contributed by atoms with E-state index in [0.717, 1.165) is 4.57 Å². The van der Waals surface area contributed by atoms with E-state index in [-0.39, 0.29) is 22.3 Å². The summed E-state index contributed by atoms with van der Waals surface area (Å²) in [6, 6.07) is 8.00. The lowest BCUT2D eigenvalue weighted by Crippen LogP contribution is -2.52. The number of aliphatic carboxylic acids is 2. The van der Waals surface area contributed by atoms with Gasteiger partial charge in [0.2, 0.25) is 5.28 Å². The molecule has 1 fully saturated rings. The lowest BCUT2D eigenvalue weighted by Gasteiger charge is -2.27. The first-order chi connectivity index (χ1) is 16.1. The molecular formula is C20H19ClFN5O7. The number of hydrogen-bond donors (Lipinski definition) is 4. The summed E-state index contributed by atoms with van der Waals surface area (Å²) in [5.74, 6) is -3.56. The number of hydrogen-bond acceptors (Lipinski definition) is 9. The number of ether oxygens (including phenoxy) is 2. The zero-order chi connectivity index (χ0) is 24.6. The van der Waals surface area contributed by atoms with Gasteiger partial charge in [-0.3, -0.25) is 4.57 Å². The summed E-state index contributed by atoms with van der Waals surface area (Å²) >= 11 is 5.82. The van der Waals surface area contributed by atoms with Crippen molar-refractivity contribution >= 4 is 40.5 Å². The summed E-state index contributed by atoms with van der Waals surface area (Å²) < 4.78 is 27.0. The smallest absolute Gasteiger partial charge is 0.348 e. The van der Waals surface area contributed by atoms with Gasteiger partial charge in [-0.05, 0) is 17.2 Å². The van der Waals surface area contributed by atoms with Gasteiger partial charge >= 0.3 is 11.9 Å². The molecule has 180 valence electrons. The Bertz CT molecular complexity index is 1210. The number of carboxylic acid groups (broad SMARTS) is 2. The Morgan fingerprint density at radius 3 is 2.56 bits per heavy atom. The topological polar surface area (TPSA) is 183 Å². The van der Waals surface area contributed by atoms with E-state index in [2.05, 4.69) is 15.0 Å². The first-order valence-corrected chi connectivity index (χ1v) is 10.3. The van der Waals surface area contributed by atoms with E-state index in [9.17, 15) is 29.3 Å². The van der Waals surface area contributed by atoms with Crippen LogP contribution in [0.1, 0.15) is 11.8 Å². The van der Waals surface area contributed by atoms with Crippen LogP contribution < -0.4 is 5.73 Å². The number of aliphatic hydroxyl groups is 1. The largest absolute Gasteiger partial charge is 0.479 e. The molecule has 0 spiro atoms. The van der Waals surface area contributed by atoms with Crippen molar-refractivity contribution < 1.29 is 38.8 Å². The fourth-order valence-electron chi connectivity index (χ4n) is 3.69. The SMILES string of the molecule is Nc1nc(Cl)nc2c1ncn2[C@@H]1O[C@H](COC(Cc2ccccc2)(C(=O)O)C(=O)O)[C@@H](O)[C@@H]1F. The molecule has 0 aliphatic carbocycles. The molecule has 34 heavy (non-hydrogen) atoms. The lowest BCUT2D eigenvalue weighted by atomic mass is 9.94. The molecule has 0 unspecified atom stereocenters. The first-order valence-electron chi connectivity index (χ1n) is 9.92. The van der Waals surface area contributed by atoms with E-state index < -0.39 is 55.2 Å². The maximum atomic E-state index is 15.0. The maximum Gasteiger partial charge on any atom is 0.348 e. The van der Waals surface area contributed by atoms with E-state index >= 15 is 0 Å². The Labute approximate surface area is 195 Å². The number of nitrogens with two attached hydrogens (primary N) is 1. The quantitative estimate of drug-likeness (QED) is 0.256.